The van der Waals surface area contributed by atoms with E-state index in [4.69, 9.17) is 9.97 Å². The highest BCUT2D eigenvalue weighted by Gasteiger charge is 2.24. The molecule has 4 rings (SSSR count). The number of nitrogens with zero attached hydrogens (tertiary/aromatic N) is 4. The number of piperidine rings is 1. The first kappa shape index (κ1) is 16.0. The van der Waals surface area contributed by atoms with E-state index in [-0.39, 0.29) is 0 Å². The van der Waals surface area contributed by atoms with Crippen LogP contribution in [0, 0.1) is 0 Å². The third-order valence-electron chi connectivity index (χ3n) is 5.05. The van der Waals surface area contributed by atoms with Crippen molar-refractivity contribution < 1.29 is 0 Å². The second-order valence-corrected chi connectivity index (χ2v) is 6.96. The summed E-state index contributed by atoms with van der Waals surface area (Å²) in [7, 11) is 4.32. The van der Waals surface area contributed by atoms with Crippen molar-refractivity contribution in [3.05, 3.63) is 54.6 Å². The topological polar surface area (TPSA) is 32.3 Å². The van der Waals surface area contributed by atoms with Crippen molar-refractivity contribution in [3.8, 4) is 11.3 Å². The lowest BCUT2D eigenvalue weighted by molar-refractivity contribution is 0.257. The molecule has 128 valence electrons. The summed E-state index contributed by atoms with van der Waals surface area (Å²) in [5.41, 5.74) is 3.18. The van der Waals surface area contributed by atoms with Crippen molar-refractivity contribution in [3.63, 3.8) is 0 Å². The van der Waals surface area contributed by atoms with Gasteiger partial charge in [-0.2, -0.15) is 0 Å². The molecule has 1 aliphatic heterocycles. The smallest absolute Gasteiger partial charge is 0.226 e. The number of hydrogen-bond donors (Lipinski definition) is 0. The van der Waals surface area contributed by atoms with E-state index in [0.717, 1.165) is 41.2 Å². The monoisotopic (exact) mass is 332 g/mol. The van der Waals surface area contributed by atoms with Gasteiger partial charge in [-0.15, -0.1) is 0 Å². The Morgan fingerprint density at radius 1 is 0.960 bits per heavy atom. The fourth-order valence-corrected chi connectivity index (χ4v) is 3.58. The highest BCUT2D eigenvalue weighted by atomic mass is 15.3. The molecule has 25 heavy (non-hydrogen) atoms. The quantitative estimate of drug-likeness (QED) is 0.730. The summed E-state index contributed by atoms with van der Waals surface area (Å²) in [5, 5.41) is 1.11. The summed E-state index contributed by atoms with van der Waals surface area (Å²) in [6.07, 6.45) is 2.42. The zero-order chi connectivity index (χ0) is 17.2. The molecule has 2 aromatic carbocycles. The van der Waals surface area contributed by atoms with Gasteiger partial charge in [-0.25, -0.2) is 9.97 Å². The SMILES string of the molecule is CN(C)C1CCCN(c2nc(-c3ccccc3)c3ccccc3n2)C1. The molecule has 0 saturated carbocycles. The van der Waals surface area contributed by atoms with Gasteiger partial charge >= 0.3 is 0 Å². The van der Waals surface area contributed by atoms with Crippen molar-refractivity contribution in [2.24, 2.45) is 0 Å². The summed E-state index contributed by atoms with van der Waals surface area (Å²) < 4.78 is 0. The van der Waals surface area contributed by atoms with E-state index in [1.807, 2.05) is 12.1 Å². The Morgan fingerprint density at radius 2 is 1.72 bits per heavy atom. The largest absolute Gasteiger partial charge is 0.339 e. The van der Waals surface area contributed by atoms with Crippen LogP contribution in [0.3, 0.4) is 0 Å². The lowest BCUT2D eigenvalue weighted by Crippen LogP contribution is -2.45. The Bertz CT molecular complexity index is 860. The second kappa shape index (κ2) is 6.81. The number of aromatic nitrogens is 2. The average Bonchev–Trinajstić information content (AvgIpc) is 2.68. The molecule has 1 fully saturated rings. The van der Waals surface area contributed by atoms with Crippen LogP contribution in [-0.2, 0) is 0 Å². The van der Waals surface area contributed by atoms with Crippen molar-refractivity contribution >= 4 is 16.9 Å². The van der Waals surface area contributed by atoms with E-state index in [1.54, 1.807) is 0 Å². The third kappa shape index (κ3) is 3.22. The Morgan fingerprint density at radius 3 is 2.52 bits per heavy atom. The number of fused-ring (bicyclic) bond motifs is 1. The number of rotatable bonds is 3. The lowest BCUT2D eigenvalue weighted by Gasteiger charge is -2.36. The summed E-state index contributed by atoms with van der Waals surface area (Å²) >= 11 is 0. The molecule has 1 atom stereocenters. The minimum Gasteiger partial charge on any atom is -0.339 e. The van der Waals surface area contributed by atoms with E-state index in [9.17, 15) is 0 Å². The first-order chi connectivity index (χ1) is 12.2. The van der Waals surface area contributed by atoms with Crippen molar-refractivity contribution in [2.75, 3.05) is 32.1 Å². The molecule has 2 heterocycles. The Balaban J connectivity index is 1.80. The zero-order valence-electron chi connectivity index (χ0n) is 14.9. The van der Waals surface area contributed by atoms with E-state index in [0.29, 0.717) is 6.04 Å². The minimum atomic E-state index is 0.559. The van der Waals surface area contributed by atoms with Crippen LogP contribution in [0.25, 0.3) is 22.2 Å². The van der Waals surface area contributed by atoms with Crippen LogP contribution in [-0.4, -0.2) is 48.1 Å². The number of anilines is 1. The maximum atomic E-state index is 4.98. The van der Waals surface area contributed by atoms with Gasteiger partial charge in [-0.1, -0.05) is 48.5 Å². The molecule has 0 bridgehead atoms. The Hall–Kier alpha value is -2.46. The summed E-state index contributed by atoms with van der Waals surface area (Å²) in [4.78, 5) is 14.5. The molecule has 4 heteroatoms. The predicted molar refractivity (Wildman–Crippen MR) is 104 cm³/mol. The van der Waals surface area contributed by atoms with Gasteiger partial charge in [0.1, 0.15) is 0 Å². The number of hydrogen-bond acceptors (Lipinski definition) is 4. The summed E-state index contributed by atoms with van der Waals surface area (Å²) in [6, 6.07) is 19.3. The van der Waals surface area contributed by atoms with Gasteiger partial charge in [0.15, 0.2) is 0 Å². The van der Waals surface area contributed by atoms with Crippen LogP contribution < -0.4 is 4.90 Å². The minimum absolute atomic E-state index is 0.559. The van der Waals surface area contributed by atoms with Crippen LogP contribution in [0.2, 0.25) is 0 Å². The third-order valence-corrected chi connectivity index (χ3v) is 5.05. The van der Waals surface area contributed by atoms with Crippen LogP contribution in [0.4, 0.5) is 5.95 Å². The molecule has 1 saturated heterocycles. The first-order valence-electron chi connectivity index (χ1n) is 8.96. The fraction of sp³-hybridized carbons (Fsp3) is 0.333. The molecule has 1 aromatic heterocycles. The standard InChI is InChI=1S/C21H24N4/c1-24(2)17-11-8-14-25(15-17)21-22-19-13-7-6-12-18(19)20(23-21)16-9-4-3-5-10-16/h3-7,9-10,12-13,17H,8,11,14-15H2,1-2H3. The Kier molecular flexibility index (Phi) is 4.36. The normalized spacial score (nSPS) is 18.0. The highest BCUT2D eigenvalue weighted by molar-refractivity contribution is 5.93. The van der Waals surface area contributed by atoms with E-state index >= 15 is 0 Å². The van der Waals surface area contributed by atoms with Gasteiger partial charge in [-0.05, 0) is 33.0 Å². The van der Waals surface area contributed by atoms with Crippen LogP contribution in [0.5, 0.6) is 0 Å². The molecule has 4 nitrogen and oxygen atoms in total. The van der Waals surface area contributed by atoms with Gasteiger partial charge < -0.3 is 9.80 Å². The van der Waals surface area contributed by atoms with Crippen molar-refractivity contribution in [1.29, 1.82) is 0 Å². The fourth-order valence-electron chi connectivity index (χ4n) is 3.58. The maximum Gasteiger partial charge on any atom is 0.226 e. The first-order valence-corrected chi connectivity index (χ1v) is 8.96. The molecular weight excluding hydrogens is 308 g/mol. The number of para-hydroxylation sites is 1. The Labute approximate surface area is 149 Å². The van der Waals surface area contributed by atoms with Crippen LogP contribution >= 0.6 is 0 Å². The average molecular weight is 332 g/mol. The molecule has 1 unspecified atom stereocenters. The molecule has 0 amide bonds. The van der Waals surface area contributed by atoms with Crippen LogP contribution in [0.1, 0.15) is 12.8 Å². The van der Waals surface area contributed by atoms with E-state index < -0.39 is 0 Å². The molecule has 0 N–H and O–H groups in total. The molecular formula is C21H24N4. The van der Waals surface area contributed by atoms with Gasteiger partial charge in [0.2, 0.25) is 5.95 Å². The zero-order valence-corrected chi connectivity index (χ0v) is 14.9. The van der Waals surface area contributed by atoms with Gasteiger partial charge in [0.25, 0.3) is 0 Å². The number of benzene rings is 2. The number of likely N-dealkylation sites (N-methyl/N-ethyl adjacent to an activating group) is 1. The van der Waals surface area contributed by atoms with Crippen molar-refractivity contribution in [2.45, 2.75) is 18.9 Å². The van der Waals surface area contributed by atoms with Gasteiger partial charge in [-0.3, -0.25) is 0 Å². The maximum absolute atomic E-state index is 4.98. The van der Waals surface area contributed by atoms with Gasteiger partial charge in [0, 0.05) is 30.1 Å². The molecule has 3 aromatic rings. The molecule has 0 radical (unpaired) electrons. The molecule has 0 aliphatic carbocycles. The van der Waals surface area contributed by atoms with Gasteiger partial charge in [0.05, 0.1) is 11.2 Å². The summed E-state index contributed by atoms with van der Waals surface area (Å²) in [6.45, 7) is 2.01. The van der Waals surface area contributed by atoms with E-state index in [1.165, 1.54) is 12.8 Å². The highest BCUT2D eigenvalue weighted by Crippen LogP contribution is 2.29. The summed E-state index contributed by atoms with van der Waals surface area (Å²) in [5.74, 6) is 0.851. The lowest BCUT2D eigenvalue weighted by atomic mass is 10.0. The van der Waals surface area contributed by atoms with Crippen molar-refractivity contribution in [1.82, 2.24) is 14.9 Å². The second-order valence-electron chi connectivity index (χ2n) is 6.96. The van der Waals surface area contributed by atoms with E-state index in [2.05, 4.69) is 66.4 Å². The molecule has 1 aliphatic rings. The molecule has 0 spiro atoms. The van der Waals surface area contributed by atoms with Crippen LogP contribution in [0.15, 0.2) is 54.6 Å². The predicted octanol–water partition coefficient (Wildman–Crippen LogP) is 3.83.